The summed E-state index contributed by atoms with van der Waals surface area (Å²) in [6, 6.07) is 8.29. The SMILES string of the molecule is NCCc1c[nH]c2ccccc12.O=C1NCCNC1=O. The molecule has 1 aromatic carbocycles. The first-order valence-electron chi connectivity index (χ1n) is 6.53. The Morgan fingerprint density at radius 3 is 2.30 bits per heavy atom. The minimum atomic E-state index is -0.531. The average Bonchev–Trinajstić information content (AvgIpc) is 2.87. The van der Waals surface area contributed by atoms with Gasteiger partial charge in [-0.2, -0.15) is 0 Å². The highest BCUT2D eigenvalue weighted by Crippen LogP contribution is 2.17. The van der Waals surface area contributed by atoms with E-state index in [0.717, 1.165) is 6.42 Å². The van der Waals surface area contributed by atoms with Crippen LogP contribution >= 0.6 is 0 Å². The molecule has 0 atom stereocenters. The first-order valence-corrected chi connectivity index (χ1v) is 6.53. The van der Waals surface area contributed by atoms with Gasteiger partial charge in [0.05, 0.1) is 0 Å². The van der Waals surface area contributed by atoms with Crippen molar-refractivity contribution in [2.24, 2.45) is 5.73 Å². The molecule has 1 saturated heterocycles. The van der Waals surface area contributed by atoms with Crippen LogP contribution in [-0.4, -0.2) is 36.4 Å². The molecule has 0 bridgehead atoms. The van der Waals surface area contributed by atoms with Gasteiger partial charge in [0.15, 0.2) is 0 Å². The standard InChI is InChI=1S/C10H12N2.C4H6N2O2/c11-6-5-8-7-12-10-4-2-1-3-9(8)10;7-3-4(8)6-2-1-5-3/h1-4,7,12H,5-6,11H2;1-2H2,(H,5,7)(H,6,8). The van der Waals surface area contributed by atoms with E-state index < -0.39 is 11.8 Å². The highest BCUT2D eigenvalue weighted by atomic mass is 16.2. The quantitative estimate of drug-likeness (QED) is 0.575. The van der Waals surface area contributed by atoms with E-state index in [9.17, 15) is 9.59 Å². The Labute approximate surface area is 116 Å². The third-order valence-electron chi connectivity index (χ3n) is 2.99. The van der Waals surface area contributed by atoms with Gasteiger partial charge in [-0.05, 0) is 24.6 Å². The fraction of sp³-hybridized carbons (Fsp3) is 0.286. The maximum atomic E-state index is 10.3. The number of aromatic amines is 1. The fourth-order valence-corrected chi connectivity index (χ4v) is 2.01. The molecule has 0 radical (unpaired) electrons. The van der Waals surface area contributed by atoms with Gasteiger partial charge in [-0.1, -0.05) is 18.2 Å². The van der Waals surface area contributed by atoms with Crippen LogP contribution in [-0.2, 0) is 16.0 Å². The second-order valence-electron chi connectivity index (χ2n) is 4.41. The number of carbonyl (C=O) groups is 2. The lowest BCUT2D eigenvalue weighted by Gasteiger charge is -2.10. The van der Waals surface area contributed by atoms with Crippen LogP contribution in [0.1, 0.15) is 5.56 Å². The van der Waals surface area contributed by atoms with Crippen LogP contribution in [0.5, 0.6) is 0 Å². The molecule has 2 heterocycles. The third-order valence-corrected chi connectivity index (χ3v) is 2.99. The maximum Gasteiger partial charge on any atom is 0.309 e. The minimum Gasteiger partial charge on any atom is -0.361 e. The number of nitrogens with one attached hydrogen (secondary N) is 3. The molecule has 1 aliphatic heterocycles. The topological polar surface area (TPSA) is 100 Å². The molecule has 0 unspecified atom stereocenters. The largest absolute Gasteiger partial charge is 0.361 e. The smallest absolute Gasteiger partial charge is 0.309 e. The zero-order valence-corrected chi connectivity index (χ0v) is 11.1. The van der Waals surface area contributed by atoms with E-state index in [4.69, 9.17) is 5.73 Å². The van der Waals surface area contributed by atoms with Gasteiger partial charge in [0.25, 0.3) is 0 Å². The van der Waals surface area contributed by atoms with E-state index in [-0.39, 0.29) is 0 Å². The molecule has 1 aliphatic rings. The summed E-state index contributed by atoms with van der Waals surface area (Å²) in [6.07, 6.45) is 2.99. The summed E-state index contributed by atoms with van der Waals surface area (Å²) >= 11 is 0. The van der Waals surface area contributed by atoms with Crippen LogP contribution in [0.3, 0.4) is 0 Å². The molecule has 2 aromatic rings. The Balaban J connectivity index is 0.000000160. The summed E-state index contributed by atoms with van der Waals surface area (Å²) in [5.74, 6) is -1.06. The average molecular weight is 274 g/mol. The van der Waals surface area contributed by atoms with Crippen molar-refractivity contribution in [3.8, 4) is 0 Å². The number of rotatable bonds is 2. The molecule has 2 amide bonds. The van der Waals surface area contributed by atoms with Crippen LogP contribution in [0.15, 0.2) is 30.5 Å². The number of hydrogen-bond donors (Lipinski definition) is 4. The molecule has 106 valence electrons. The van der Waals surface area contributed by atoms with Crippen molar-refractivity contribution >= 4 is 22.7 Å². The van der Waals surface area contributed by atoms with Gasteiger partial charge in [-0.25, -0.2) is 0 Å². The summed E-state index contributed by atoms with van der Waals surface area (Å²) in [4.78, 5) is 23.8. The molecule has 20 heavy (non-hydrogen) atoms. The lowest BCUT2D eigenvalue weighted by atomic mass is 10.1. The van der Waals surface area contributed by atoms with Crippen LogP contribution in [0.2, 0.25) is 0 Å². The van der Waals surface area contributed by atoms with Crippen LogP contribution in [0.25, 0.3) is 10.9 Å². The minimum absolute atomic E-state index is 0.531. The van der Waals surface area contributed by atoms with E-state index in [1.807, 2.05) is 12.3 Å². The van der Waals surface area contributed by atoms with Crippen molar-refractivity contribution in [2.75, 3.05) is 19.6 Å². The zero-order valence-electron chi connectivity index (χ0n) is 11.1. The Morgan fingerprint density at radius 1 is 1.05 bits per heavy atom. The van der Waals surface area contributed by atoms with Crippen molar-refractivity contribution in [3.05, 3.63) is 36.0 Å². The van der Waals surface area contributed by atoms with E-state index >= 15 is 0 Å². The van der Waals surface area contributed by atoms with E-state index in [2.05, 4.69) is 33.8 Å². The van der Waals surface area contributed by atoms with Gasteiger partial charge in [0, 0.05) is 30.2 Å². The number of piperazine rings is 1. The van der Waals surface area contributed by atoms with Crippen molar-refractivity contribution in [1.82, 2.24) is 15.6 Å². The summed E-state index contributed by atoms with van der Waals surface area (Å²) in [5.41, 5.74) is 8.01. The van der Waals surface area contributed by atoms with Crippen LogP contribution in [0, 0.1) is 0 Å². The molecule has 0 spiro atoms. The van der Waals surface area contributed by atoms with Gasteiger partial charge >= 0.3 is 11.8 Å². The maximum absolute atomic E-state index is 10.3. The van der Waals surface area contributed by atoms with E-state index in [1.165, 1.54) is 16.5 Å². The summed E-state index contributed by atoms with van der Waals surface area (Å²) < 4.78 is 0. The number of para-hydroxylation sites is 1. The Hall–Kier alpha value is -2.34. The molecule has 1 fully saturated rings. The fourth-order valence-electron chi connectivity index (χ4n) is 2.01. The number of carbonyl (C=O) groups excluding carboxylic acids is 2. The van der Waals surface area contributed by atoms with E-state index in [0.29, 0.717) is 19.6 Å². The Morgan fingerprint density at radius 2 is 1.70 bits per heavy atom. The number of H-pyrrole nitrogens is 1. The molecular weight excluding hydrogens is 256 g/mol. The highest BCUT2D eigenvalue weighted by Gasteiger charge is 2.15. The van der Waals surface area contributed by atoms with Crippen molar-refractivity contribution in [1.29, 1.82) is 0 Å². The van der Waals surface area contributed by atoms with Crippen molar-refractivity contribution in [2.45, 2.75) is 6.42 Å². The molecule has 0 aliphatic carbocycles. The summed E-state index contributed by atoms with van der Waals surface area (Å²) in [6.45, 7) is 1.80. The lowest BCUT2D eigenvalue weighted by molar-refractivity contribution is -0.140. The first-order chi connectivity index (χ1) is 9.72. The molecular formula is C14H18N4O2. The van der Waals surface area contributed by atoms with E-state index in [1.54, 1.807) is 0 Å². The molecule has 5 N–H and O–H groups in total. The monoisotopic (exact) mass is 274 g/mol. The molecule has 6 heteroatoms. The molecule has 6 nitrogen and oxygen atoms in total. The molecule has 1 aromatic heterocycles. The summed E-state index contributed by atoms with van der Waals surface area (Å²) in [5, 5.41) is 6.06. The van der Waals surface area contributed by atoms with Crippen LogP contribution < -0.4 is 16.4 Å². The summed E-state index contributed by atoms with van der Waals surface area (Å²) in [7, 11) is 0. The Bertz CT molecular complexity index is 590. The normalized spacial score (nSPS) is 14.2. The van der Waals surface area contributed by atoms with Crippen molar-refractivity contribution < 1.29 is 9.59 Å². The van der Waals surface area contributed by atoms with Gasteiger partial charge in [0.1, 0.15) is 0 Å². The predicted octanol–water partition coefficient (Wildman–Crippen LogP) is -0.0985. The molecule has 0 saturated carbocycles. The first kappa shape index (κ1) is 14.1. The number of amides is 2. The second-order valence-corrected chi connectivity index (χ2v) is 4.41. The third kappa shape index (κ3) is 3.36. The van der Waals surface area contributed by atoms with Gasteiger partial charge in [-0.3, -0.25) is 9.59 Å². The van der Waals surface area contributed by atoms with Crippen LogP contribution in [0.4, 0.5) is 0 Å². The second kappa shape index (κ2) is 6.72. The van der Waals surface area contributed by atoms with Gasteiger partial charge in [-0.15, -0.1) is 0 Å². The molecule has 3 rings (SSSR count). The predicted molar refractivity (Wildman–Crippen MR) is 77.1 cm³/mol. The lowest BCUT2D eigenvalue weighted by Crippen LogP contribution is -2.49. The number of aromatic nitrogens is 1. The van der Waals surface area contributed by atoms with Gasteiger partial charge < -0.3 is 21.4 Å². The number of hydrogen-bond acceptors (Lipinski definition) is 3. The Kier molecular flexibility index (Phi) is 4.73. The number of nitrogens with two attached hydrogens (primary N) is 1. The van der Waals surface area contributed by atoms with Crippen molar-refractivity contribution in [3.63, 3.8) is 0 Å². The number of fused-ring (bicyclic) bond motifs is 1. The highest BCUT2D eigenvalue weighted by molar-refractivity contribution is 6.35. The number of benzene rings is 1. The zero-order chi connectivity index (χ0) is 14.4. The van der Waals surface area contributed by atoms with Gasteiger partial charge in [0.2, 0.25) is 0 Å².